The van der Waals surface area contributed by atoms with Crippen LogP contribution in [0, 0.1) is 0 Å². The van der Waals surface area contributed by atoms with Gasteiger partial charge in [-0.1, -0.05) is 56.1 Å². The highest BCUT2D eigenvalue weighted by molar-refractivity contribution is 7.80. The van der Waals surface area contributed by atoms with Gasteiger partial charge < -0.3 is 10.6 Å². The van der Waals surface area contributed by atoms with Crippen LogP contribution in [0.5, 0.6) is 0 Å². The van der Waals surface area contributed by atoms with E-state index in [9.17, 15) is 9.59 Å². The Balaban J connectivity index is 1.56. The van der Waals surface area contributed by atoms with Crippen molar-refractivity contribution in [2.24, 2.45) is 0 Å². The Morgan fingerprint density at radius 3 is 1.82 bits per heavy atom. The standard InChI is InChI=1S/C25H23Cl2N3O2S/c1-25(2,3)17-7-4-15(5-8-17)22(31)28-18-9-11-19(12-10-18)29-24(33)30-23(32)16-6-13-20(26)21(27)14-16/h4-14H,1-3H3,(H,28,31)(H2,29,30,32,33). The van der Waals surface area contributed by atoms with Crippen LogP contribution in [-0.2, 0) is 5.41 Å². The number of anilines is 2. The molecule has 0 aliphatic heterocycles. The summed E-state index contributed by atoms with van der Waals surface area (Å²) in [6, 6.07) is 19.1. The molecule has 0 aliphatic rings. The third-order valence-electron chi connectivity index (χ3n) is 4.82. The maximum absolute atomic E-state index is 12.5. The number of benzene rings is 3. The van der Waals surface area contributed by atoms with Crippen LogP contribution in [0.2, 0.25) is 10.0 Å². The molecule has 2 amide bonds. The van der Waals surface area contributed by atoms with E-state index in [2.05, 4.69) is 36.7 Å². The van der Waals surface area contributed by atoms with Crippen molar-refractivity contribution in [2.45, 2.75) is 26.2 Å². The Morgan fingerprint density at radius 2 is 1.27 bits per heavy atom. The van der Waals surface area contributed by atoms with Gasteiger partial charge in [0, 0.05) is 22.5 Å². The van der Waals surface area contributed by atoms with E-state index in [1.54, 1.807) is 36.4 Å². The summed E-state index contributed by atoms with van der Waals surface area (Å²) >= 11 is 17.0. The molecule has 0 aliphatic carbocycles. The number of amides is 2. The van der Waals surface area contributed by atoms with Gasteiger partial charge in [0.1, 0.15) is 0 Å². The number of thiocarbonyl (C=S) groups is 1. The molecule has 0 heterocycles. The minimum Gasteiger partial charge on any atom is -0.332 e. The number of carbonyl (C=O) groups excluding carboxylic acids is 2. The molecule has 0 fully saturated rings. The molecule has 3 aromatic carbocycles. The van der Waals surface area contributed by atoms with Gasteiger partial charge in [-0.2, -0.15) is 0 Å². The molecule has 0 saturated heterocycles. The van der Waals surface area contributed by atoms with Gasteiger partial charge in [-0.3, -0.25) is 14.9 Å². The molecular formula is C25H23Cl2N3O2S. The highest BCUT2D eigenvalue weighted by Gasteiger charge is 2.14. The first-order chi connectivity index (χ1) is 15.5. The average molecular weight is 500 g/mol. The van der Waals surface area contributed by atoms with Gasteiger partial charge in [0.25, 0.3) is 11.8 Å². The summed E-state index contributed by atoms with van der Waals surface area (Å²) in [5.74, 6) is -0.604. The number of nitrogens with one attached hydrogen (secondary N) is 3. The van der Waals surface area contributed by atoms with Gasteiger partial charge >= 0.3 is 0 Å². The fraction of sp³-hybridized carbons (Fsp3) is 0.160. The van der Waals surface area contributed by atoms with E-state index in [-0.39, 0.29) is 21.5 Å². The van der Waals surface area contributed by atoms with Gasteiger partial charge in [-0.15, -0.1) is 0 Å². The minimum atomic E-state index is -0.410. The fourth-order valence-corrected chi connectivity index (χ4v) is 3.45. The molecule has 33 heavy (non-hydrogen) atoms. The van der Waals surface area contributed by atoms with E-state index >= 15 is 0 Å². The molecule has 0 saturated carbocycles. The molecular weight excluding hydrogens is 477 g/mol. The lowest BCUT2D eigenvalue weighted by molar-refractivity contribution is 0.0976. The molecule has 8 heteroatoms. The van der Waals surface area contributed by atoms with Gasteiger partial charge in [-0.25, -0.2) is 0 Å². The fourth-order valence-electron chi connectivity index (χ4n) is 2.94. The Kier molecular flexibility index (Phi) is 7.74. The SMILES string of the molecule is CC(C)(C)c1ccc(C(=O)Nc2ccc(NC(=S)NC(=O)c3ccc(Cl)c(Cl)c3)cc2)cc1. The Labute approximate surface area is 208 Å². The maximum Gasteiger partial charge on any atom is 0.257 e. The van der Waals surface area contributed by atoms with Crippen LogP contribution in [0.1, 0.15) is 47.1 Å². The lowest BCUT2D eigenvalue weighted by Crippen LogP contribution is -2.34. The minimum absolute atomic E-state index is 0.0275. The molecule has 3 rings (SSSR count). The maximum atomic E-state index is 12.5. The number of halogens is 2. The summed E-state index contributed by atoms with van der Waals surface area (Å²) in [4.78, 5) is 24.8. The summed E-state index contributed by atoms with van der Waals surface area (Å²) in [5, 5.41) is 9.16. The second kappa shape index (κ2) is 10.3. The van der Waals surface area contributed by atoms with Crippen molar-refractivity contribution in [3.05, 3.63) is 93.5 Å². The van der Waals surface area contributed by atoms with Crippen molar-refractivity contribution < 1.29 is 9.59 Å². The first-order valence-corrected chi connectivity index (χ1v) is 11.3. The van der Waals surface area contributed by atoms with E-state index in [0.717, 1.165) is 5.56 Å². The molecule has 0 aromatic heterocycles. The van der Waals surface area contributed by atoms with E-state index in [1.807, 2.05) is 24.3 Å². The van der Waals surface area contributed by atoms with Crippen molar-refractivity contribution in [3.8, 4) is 0 Å². The molecule has 0 radical (unpaired) electrons. The zero-order valence-electron chi connectivity index (χ0n) is 18.3. The topological polar surface area (TPSA) is 70.2 Å². The molecule has 0 bridgehead atoms. The van der Waals surface area contributed by atoms with Gasteiger partial charge in [-0.05, 0) is 77.8 Å². The molecule has 170 valence electrons. The van der Waals surface area contributed by atoms with Crippen LogP contribution >= 0.6 is 35.4 Å². The van der Waals surface area contributed by atoms with Crippen LogP contribution in [0.25, 0.3) is 0 Å². The Hall–Kier alpha value is -2.93. The third-order valence-corrected chi connectivity index (χ3v) is 5.77. The van der Waals surface area contributed by atoms with Crippen LogP contribution in [0.15, 0.2) is 66.7 Å². The van der Waals surface area contributed by atoms with Crippen LogP contribution in [0.4, 0.5) is 11.4 Å². The van der Waals surface area contributed by atoms with E-state index in [0.29, 0.717) is 27.5 Å². The lowest BCUT2D eigenvalue weighted by Gasteiger charge is -2.19. The predicted molar refractivity (Wildman–Crippen MR) is 140 cm³/mol. The highest BCUT2D eigenvalue weighted by Crippen LogP contribution is 2.23. The molecule has 0 spiro atoms. The largest absolute Gasteiger partial charge is 0.332 e. The Bertz CT molecular complexity index is 1190. The van der Waals surface area contributed by atoms with Gasteiger partial charge in [0.15, 0.2) is 5.11 Å². The second-order valence-corrected chi connectivity index (χ2v) is 9.62. The van der Waals surface area contributed by atoms with Crippen LogP contribution in [0.3, 0.4) is 0 Å². The highest BCUT2D eigenvalue weighted by atomic mass is 35.5. The van der Waals surface area contributed by atoms with E-state index < -0.39 is 5.91 Å². The molecule has 3 N–H and O–H groups in total. The van der Waals surface area contributed by atoms with Crippen molar-refractivity contribution in [3.63, 3.8) is 0 Å². The summed E-state index contributed by atoms with van der Waals surface area (Å²) in [7, 11) is 0. The average Bonchev–Trinajstić information content (AvgIpc) is 2.76. The molecule has 5 nitrogen and oxygen atoms in total. The quantitative estimate of drug-likeness (QED) is 0.350. The summed E-state index contributed by atoms with van der Waals surface area (Å²) in [6.07, 6.45) is 0. The zero-order valence-corrected chi connectivity index (χ0v) is 20.7. The number of hydrogen-bond acceptors (Lipinski definition) is 3. The first-order valence-electron chi connectivity index (χ1n) is 10.1. The smallest absolute Gasteiger partial charge is 0.257 e. The number of rotatable bonds is 4. The molecule has 0 unspecified atom stereocenters. The van der Waals surface area contributed by atoms with Gasteiger partial charge in [0.2, 0.25) is 0 Å². The van der Waals surface area contributed by atoms with Gasteiger partial charge in [0.05, 0.1) is 10.0 Å². The first kappa shape index (κ1) is 24.7. The van der Waals surface area contributed by atoms with Crippen LogP contribution < -0.4 is 16.0 Å². The Morgan fingerprint density at radius 1 is 0.727 bits per heavy atom. The second-order valence-electron chi connectivity index (χ2n) is 8.40. The zero-order chi connectivity index (χ0) is 24.2. The van der Waals surface area contributed by atoms with Crippen molar-refractivity contribution in [2.75, 3.05) is 10.6 Å². The van der Waals surface area contributed by atoms with Crippen LogP contribution in [-0.4, -0.2) is 16.9 Å². The van der Waals surface area contributed by atoms with E-state index in [4.69, 9.17) is 35.4 Å². The normalized spacial score (nSPS) is 10.9. The lowest BCUT2D eigenvalue weighted by atomic mass is 9.87. The molecule has 0 atom stereocenters. The van der Waals surface area contributed by atoms with Crippen molar-refractivity contribution >= 4 is 63.7 Å². The predicted octanol–water partition coefficient (Wildman–Crippen LogP) is 6.67. The summed E-state index contributed by atoms with van der Waals surface area (Å²) in [5.41, 5.74) is 3.40. The monoisotopic (exact) mass is 499 g/mol. The molecule has 3 aromatic rings. The summed E-state index contributed by atoms with van der Waals surface area (Å²) < 4.78 is 0. The van der Waals surface area contributed by atoms with Crippen molar-refractivity contribution in [1.82, 2.24) is 5.32 Å². The third kappa shape index (κ3) is 6.78. The van der Waals surface area contributed by atoms with Crippen molar-refractivity contribution in [1.29, 1.82) is 0 Å². The number of carbonyl (C=O) groups is 2. The van der Waals surface area contributed by atoms with E-state index in [1.165, 1.54) is 6.07 Å². The number of hydrogen-bond donors (Lipinski definition) is 3. The summed E-state index contributed by atoms with van der Waals surface area (Å²) in [6.45, 7) is 6.38.